The lowest BCUT2D eigenvalue weighted by atomic mass is 10.2. The third-order valence-electron chi connectivity index (χ3n) is 2.14. The molecule has 0 heterocycles. The van der Waals surface area contributed by atoms with Gasteiger partial charge in [-0.15, -0.1) is 0 Å². The van der Waals surface area contributed by atoms with Crippen LogP contribution < -0.4 is 10.6 Å². The van der Waals surface area contributed by atoms with E-state index in [0.29, 0.717) is 17.0 Å². The number of nitrogen functional groups attached to an aromatic ring is 1. The van der Waals surface area contributed by atoms with Gasteiger partial charge in [0.05, 0.1) is 0 Å². The van der Waals surface area contributed by atoms with Crippen LogP contribution in [0.1, 0.15) is 13.3 Å². The Bertz CT molecular complexity index is 387. The van der Waals surface area contributed by atoms with Crippen molar-refractivity contribution in [3.8, 4) is 0 Å². The van der Waals surface area contributed by atoms with Gasteiger partial charge < -0.3 is 10.6 Å². The van der Waals surface area contributed by atoms with Gasteiger partial charge in [0.1, 0.15) is 0 Å². The molecule has 0 aliphatic rings. The van der Waals surface area contributed by atoms with Crippen LogP contribution in [0.5, 0.6) is 0 Å². The van der Waals surface area contributed by atoms with E-state index < -0.39 is 12.1 Å². The summed E-state index contributed by atoms with van der Waals surface area (Å²) in [7, 11) is 0. The van der Waals surface area contributed by atoms with Crippen molar-refractivity contribution in [2.24, 2.45) is 0 Å². The molecule has 0 radical (unpaired) electrons. The first-order valence-electron chi connectivity index (χ1n) is 5.10. The molecular weight excluding hydrogens is 233 g/mol. The van der Waals surface area contributed by atoms with E-state index in [2.05, 4.69) is 0 Å². The Morgan fingerprint density at radius 1 is 1.29 bits per heavy atom. The second-order valence-corrected chi connectivity index (χ2v) is 3.55. The number of nitrogens with zero attached hydrogens (tertiary/aromatic N) is 1. The van der Waals surface area contributed by atoms with E-state index in [0.717, 1.165) is 0 Å². The van der Waals surface area contributed by atoms with Crippen molar-refractivity contribution in [3.63, 3.8) is 0 Å². The highest BCUT2D eigenvalue weighted by Gasteiger charge is 2.42. The number of halogens is 3. The molecule has 0 aliphatic carbocycles. The average molecular weight is 246 g/mol. The van der Waals surface area contributed by atoms with Crippen molar-refractivity contribution in [2.45, 2.75) is 19.5 Å². The average Bonchev–Trinajstić information content (AvgIpc) is 2.25. The van der Waals surface area contributed by atoms with Gasteiger partial charge >= 0.3 is 12.1 Å². The Balaban J connectivity index is 3.01. The number of carbonyl (C=O) groups excluding carboxylic acids is 1. The second-order valence-electron chi connectivity index (χ2n) is 3.55. The first kappa shape index (κ1) is 13.3. The van der Waals surface area contributed by atoms with Crippen molar-refractivity contribution in [2.75, 3.05) is 17.2 Å². The lowest BCUT2D eigenvalue weighted by molar-refractivity contribution is -0.170. The summed E-state index contributed by atoms with van der Waals surface area (Å²) in [6, 6.07) is 5.71. The Labute approximate surface area is 97.0 Å². The summed E-state index contributed by atoms with van der Waals surface area (Å²) >= 11 is 0. The van der Waals surface area contributed by atoms with Gasteiger partial charge in [0.25, 0.3) is 0 Å². The van der Waals surface area contributed by atoms with E-state index in [1.54, 1.807) is 6.92 Å². The molecule has 1 aromatic carbocycles. The summed E-state index contributed by atoms with van der Waals surface area (Å²) in [6.07, 6.45) is -4.43. The van der Waals surface area contributed by atoms with Crippen LogP contribution in [0.2, 0.25) is 0 Å². The van der Waals surface area contributed by atoms with Crippen molar-refractivity contribution >= 4 is 17.3 Å². The number of amides is 1. The van der Waals surface area contributed by atoms with Crippen LogP contribution in [0.15, 0.2) is 24.3 Å². The van der Waals surface area contributed by atoms with Crippen LogP contribution in [0.3, 0.4) is 0 Å². The van der Waals surface area contributed by atoms with Crippen LogP contribution in [0.4, 0.5) is 24.5 Å². The Kier molecular flexibility index (Phi) is 3.98. The molecule has 2 N–H and O–H groups in total. The highest BCUT2D eigenvalue weighted by atomic mass is 19.4. The van der Waals surface area contributed by atoms with Crippen LogP contribution >= 0.6 is 0 Å². The summed E-state index contributed by atoms with van der Waals surface area (Å²) in [5, 5.41) is 0. The molecular formula is C11H13F3N2O. The van der Waals surface area contributed by atoms with Crippen molar-refractivity contribution in [3.05, 3.63) is 24.3 Å². The topological polar surface area (TPSA) is 46.3 Å². The van der Waals surface area contributed by atoms with Gasteiger partial charge in [-0.2, -0.15) is 13.2 Å². The molecule has 1 amide bonds. The number of benzene rings is 1. The molecule has 1 aromatic rings. The molecule has 94 valence electrons. The van der Waals surface area contributed by atoms with Crippen molar-refractivity contribution in [1.29, 1.82) is 0 Å². The molecule has 0 unspecified atom stereocenters. The number of carbonyl (C=O) groups is 1. The number of rotatable bonds is 3. The van der Waals surface area contributed by atoms with Gasteiger partial charge in [-0.1, -0.05) is 6.92 Å². The minimum absolute atomic E-state index is 0.0161. The molecule has 17 heavy (non-hydrogen) atoms. The zero-order valence-electron chi connectivity index (χ0n) is 9.29. The van der Waals surface area contributed by atoms with Gasteiger partial charge in [0.15, 0.2) is 0 Å². The molecule has 0 aromatic heterocycles. The fourth-order valence-electron chi connectivity index (χ4n) is 1.38. The molecule has 0 atom stereocenters. The summed E-state index contributed by atoms with van der Waals surface area (Å²) in [4.78, 5) is 11.9. The quantitative estimate of drug-likeness (QED) is 0.833. The summed E-state index contributed by atoms with van der Waals surface area (Å²) in [5.74, 6) is -1.86. The van der Waals surface area contributed by atoms with E-state index in [1.807, 2.05) is 0 Å². The zero-order chi connectivity index (χ0) is 13.1. The largest absolute Gasteiger partial charge is 0.471 e. The van der Waals surface area contributed by atoms with Gasteiger partial charge in [0, 0.05) is 17.9 Å². The standard InChI is InChI=1S/C11H13F3N2O/c1-2-7-16(10(17)11(12,13)14)9-5-3-8(15)4-6-9/h3-6H,2,7,15H2,1H3. The molecule has 0 aliphatic heterocycles. The predicted molar refractivity (Wildman–Crippen MR) is 59.6 cm³/mol. The Hall–Kier alpha value is -1.72. The SMILES string of the molecule is CCCN(C(=O)C(F)(F)F)c1ccc(N)cc1. The third kappa shape index (κ3) is 3.37. The monoisotopic (exact) mass is 246 g/mol. The molecule has 0 saturated carbocycles. The van der Waals surface area contributed by atoms with E-state index in [9.17, 15) is 18.0 Å². The van der Waals surface area contributed by atoms with Crippen LogP contribution in [0, 0.1) is 0 Å². The summed E-state index contributed by atoms with van der Waals surface area (Å²) in [6.45, 7) is 1.72. The van der Waals surface area contributed by atoms with Crippen molar-refractivity contribution < 1.29 is 18.0 Å². The van der Waals surface area contributed by atoms with E-state index in [4.69, 9.17) is 5.73 Å². The number of hydrogen-bond donors (Lipinski definition) is 1. The predicted octanol–water partition coefficient (Wildman–Crippen LogP) is 2.57. The molecule has 0 bridgehead atoms. The fourth-order valence-corrected chi connectivity index (χ4v) is 1.38. The maximum Gasteiger partial charge on any atom is 0.471 e. The van der Waals surface area contributed by atoms with Crippen molar-refractivity contribution in [1.82, 2.24) is 0 Å². The van der Waals surface area contributed by atoms with E-state index in [1.165, 1.54) is 24.3 Å². The number of nitrogens with two attached hydrogens (primary N) is 1. The van der Waals surface area contributed by atoms with Gasteiger partial charge in [-0.05, 0) is 30.7 Å². The maximum atomic E-state index is 12.4. The molecule has 0 spiro atoms. The number of anilines is 2. The van der Waals surface area contributed by atoms with Gasteiger partial charge in [-0.25, -0.2) is 0 Å². The highest BCUT2D eigenvalue weighted by molar-refractivity contribution is 5.97. The summed E-state index contributed by atoms with van der Waals surface area (Å²) < 4.78 is 37.1. The number of alkyl halides is 3. The Morgan fingerprint density at radius 2 is 1.82 bits per heavy atom. The van der Waals surface area contributed by atoms with Crippen LogP contribution in [-0.2, 0) is 4.79 Å². The fraction of sp³-hybridized carbons (Fsp3) is 0.364. The minimum Gasteiger partial charge on any atom is -0.399 e. The van der Waals surface area contributed by atoms with Crippen LogP contribution in [0.25, 0.3) is 0 Å². The zero-order valence-corrected chi connectivity index (χ0v) is 9.29. The van der Waals surface area contributed by atoms with E-state index >= 15 is 0 Å². The number of hydrogen-bond acceptors (Lipinski definition) is 2. The maximum absolute atomic E-state index is 12.4. The molecule has 0 saturated heterocycles. The molecule has 1 rings (SSSR count). The van der Waals surface area contributed by atoms with Gasteiger partial charge in [-0.3, -0.25) is 4.79 Å². The molecule has 0 fully saturated rings. The first-order valence-corrected chi connectivity index (χ1v) is 5.10. The summed E-state index contributed by atoms with van der Waals surface area (Å²) in [5.41, 5.74) is 6.07. The Morgan fingerprint density at radius 3 is 2.24 bits per heavy atom. The second kappa shape index (κ2) is 5.07. The molecule has 6 heteroatoms. The van der Waals surface area contributed by atoms with E-state index in [-0.39, 0.29) is 12.2 Å². The lowest BCUT2D eigenvalue weighted by Gasteiger charge is -2.23. The molecule has 3 nitrogen and oxygen atoms in total. The minimum atomic E-state index is -4.86. The smallest absolute Gasteiger partial charge is 0.399 e. The highest BCUT2D eigenvalue weighted by Crippen LogP contribution is 2.24. The van der Waals surface area contributed by atoms with Crippen LogP contribution in [-0.4, -0.2) is 18.6 Å². The third-order valence-corrected chi connectivity index (χ3v) is 2.14. The van der Waals surface area contributed by atoms with Gasteiger partial charge in [0.2, 0.25) is 0 Å². The lowest BCUT2D eigenvalue weighted by Crippen LogP contribution is -2.41. The first-order chi connectivity index (χ1) is 7.86. The normalized spacial score (nSPS) is 11.3.